The zero-order valence-electron chi connectivity index (χ0n) is 15.2. The van der Waals surface area contributed by atoms with E-state index in [2.05, 4.69) is 10.6 Å². The molecule has 1 aliphatic rings. The molecule has 2 amide bonds. The van der Waals surface area contributed by atoms with Gasteiger partial charge in [0, 0.05) is 5.69 Å². The Hall–Kier alpha value is -2.82. The number of methoxy groups -OCH3 is 1. The minimum atomic E-state index is -0.644. The molecule has 0 radical (unpaired) electrons. The number of aryl methyl sites for hydroxylation is 2. The maximum atomic E-state index is 12.3. The van der Waals surface area contributed by atoms with E-state index in [1.165, 1.54) is 11.1 Å². The molecule has 0 saturated carbocycles. The predicted octanol–water partition coefficient (Wildman–Crippen LogP) is 3.39. The number of rotatable bonds is 5. The minimum absolute atomic E-state index is 0.223. The molecule has 1 aliphatic carbocycles. The number of hydrogen-bond donors (Lipinski definition) is 2. The van der Waals surface area contributed by atoms with E-state index in [1.54, 1.807) is 7.11 Å². The van der Waals surface area contributed by atoms with Crippen LogP contribution in [0.5, 0.6) is 5.75 Å². The highest BCUT2D eigenvalue weighted by Crippen LogP contribution is 2.25. The molecule has 0 aliphatic heterocycles. The van der Waals surface area contributed by atoms with Crippen LogP contribution in [-0.4, -0.2) is 18.9 Å². The van der Waals surface area contributed by atoms with E-state index < -0.39 is 11.8 Å². The Morgan fingerprint density at radius 1 is 1.04 bits per heavy atom. The molecule has 2 N–H and O–H groups in total. The van der Waals surface area contributed by atoms with Gasteiger partial charge in [0.25, 0.3) is 0 Å². The van der Waals surface area contributed by atoms with Crippen LogP contribution in [0, 0.1) is 0 Å². The molecule has 0 bridgehead atoms. The molecule has 2 aromatic carbocycles. The summed E-state index contributed by atoms with van der Waals surface area (Å²) in [6, 6.07) is 13.1. The van der Waals surface area contributed by atoms with Gasteiger partial charge in [0.15, 0.2) is 0 Å². The van der Waals surface area contributed by atoms with Crippen molar-refractivity contribution in [3.63, 3.8) is 0 Å². The summed E-state index contributed by atoms with van der Waals surface area (Å²) in [4.78, 5) is 24.6. The fraction of sp³-hybridized carbons (Fsp3) is 0.333. The Morgan fingerprint density at radius 2 is 1.77 bits per heavy atom. The molecular formula is C21H24N2O3. The molecule has 0 spiro atoms. The van der Waals surface area contributed by atoms with Crippen molar-refractivity contribution in [3.05, 3.63) is 59.2 Å². The first-order valence-electron chi connectivity index (χ1n) is 8.98. The van der Waals surface area contributed by atoms with Crippen molar-refractivity contribution in [2.45, 2.75) is 38.6 Å². The highest BCUT2D eigenvalue weighted by atomic mass is 16.5. The van der Waals surface area contributed by atoms with Gasteiger partial charge in [0.2, 0.25) is 0 Å². The number of nitrogens with one attached hydrogen (secondary N) is 2. The Kier molecular flexibility index (Phi) is 5.56. The first kappa shape index (κ1) is 18.0. The van der Waals surface area contributed by atoms with Gasteiger partial charge in [0.05, 0.1) is 13.2 Å². The minimum Gasteiger partial charge on any atom is -0.497 e. The molecule has 136 valence electrons. The quantitative estimate of drug-likeness (QED) is 0.811. The number of amides is 2. The van der Waals surface area contributed by atoms with Gasteiger partial charge in [-0.3, -0.25) is 9.59 Å². The number of carbonyl (C=O) groups excluding carboxylic acids is 2. The van der Waals surface area contributed by atoms with E-state index in [1.807, 2.05) is 49.4 Å². The molecule has 2 aromatic rings. The molecule has 0 aromatic heterocycles. The predicted molar refractivity (Wildman–Crippen MR) is 101 cm³/mol. The van der Waals surface area contributed by atoms with Gasteiger partial charge in [-0.2, -0.15) is 0 Å². The van der Waals surface area contributed by atoms with Crippen molar-refractivity contribution in [1.82, 2.24) is 5.32 Å². The Bertz CT molecular complexity index is 799. The molecule has 0 fully saturated rings. The monoisotopic (exact) mass is 352 g/mol. The highest BCUT2D eigenvalue weighted by Gasteiger charge is 2.20. The Labute approximate surface area is 153 Å². The average Bonchev–Trinajstić information content (AvgIpc) is 3.13. The number of carbonyl (C=O) groups is 2. The number of fused-ring (bicyclic) bond motifs is 1. The van der Waals surface area contributed by atoms with Crippen molar-refractivity contribution in [3.8, 4) is 5.75 Å². The summed E-state index contributed by atoms with van der Waals surface area (Å²) < 4.78 is 5.15. The van der Waals surface area contributed by atoms with E-state index >= 15 is 0 Å². The van der Waals surface area contributed by atoms with E-state index in [4.69, 9.17) is 4.74 Å². The van der Waals surface area contributed by atoms with Crippen molar-refractivity contribution >= 4 is 17.5 Å². The number of benzene rings is 2. The molecule has 0 heterocycles. The van der Waals surface area contributed by atoms with Gasteiger partial charge in [-0.05, 0) is 66.6 Å². The molecule has 5 heteroatoms. The van der Waals surface area contributed by atoms with E-state index in [0.717, 1.165) is 30.6 Å². The smallest absolute Gasteiger partial charge is 0.313 e. The van der Waals surface area contributed by atoms with Crippen molar-refractivity contribution in [2.75, 3.05) is 12.4 Å². The second-order valence-electron chi connectivity index (χ2n) is 6.50. The van der Waals surface area contributed by atoms with Crippen LogP contribution in [-0.2, 0) is 22.4 Å². The summed E-state index contributed by atoms with van der Waals surface area (Å²) in [5.41, 5.74) is 4.20. The van der Waals surface area contributed by atoms with Gasteiger partial charge < -0.3 is 15.4 Å². The maximum absolute atomic E-state index is 12.3. The SMILES string of the molecule is CC[C@H](NC(=O)C(=O)Nc1ccc2c(c1)CCC2)c1ccc(OC)cc1. The van der Waals surface area contributed by atoms with E-state index in [-0.39, 0.29) is 6.04 Å². The number of anilines is 1. The number of ether oxygens (including phenoxy) is 1. The fourth-order valence-electron chi connectivity index (χ4n) is 3.32. The van der Waals surface area contributed by atoms with Gasteiger partial charge >= 0.3 is 11.8 Å². The Morgan fingerprint density at radius 3 is 2.46 bits per heavy atom. The first-order chi connectivity index (χ1) is 12.6. The third-order valence-electron chi connectivity index (χ3n) is 4.79. The molecule has 26 heavy (non-hydrogen) atoms. The summed E-state index contributed by atoms with van der Waals surface area (Å²) in [5.74, 6) is -0.521. The standard InChI is InChI=1S/C21H24N2O3/c1-3-19(15-8-11-18(26-2)12-9-15)23-21(25)20(24)22-17-10-7-14-5-4-6-16(14)13-17/h7-13,19H,3-6H2,1-2H3,(H,22,24)(H,23,25)/t19-/m0/s1. The lowest BCUT2D eigenvalue weighted by molar-refractivity contribution is -0.136. The van der Waals surface area contributed by atoms with Crippen LogP contribution in [0.25, 0.3) is 0 Å². The maximum Gasteiger partial charge on any atom is 0.313 e. The molecule has 1 atom stereocenters. The van der Waals surface area contributed by atoms with Crippen LogP contribution in [0.3, 0.4) is 0 Å². The summed E-state index contributed by atoms with van der Waals surface area (Å²) in [6.45, 7) is 1.97. The van der Waals surface area contributed by atoms with Gasteiger partial charge in [-0.25, -0.2) is 0 Å². The second kappa shape index (κ2) is 8.04. The van der Waals surface area contributed by atoms with Crippen LogP contribution >= 0.6 is 0 Å². The molecule has 5 nitrogen and oxygen atoms in total. The van der Waals surface area contributed by atoms with E-state index in [9.17, 15) is 9.59 Å². The van der Waals surface area contributed by atoms with Crippen molar-refractivity contribution < 1.29 is 14.3 Å². The largest absolute Gasteiger partial charge is 0.497 e. The van der Waals surface area contributed by atoms with Crippen LogP contribution in [0.1, 0.15) is 42.5 Å². The molecule has 0 unspecified atom stereocenters. The summed E-state index contributed by atoms with van der Waals surface area (Å²) in [6.07, 6.45) is 3.95. The van der Waals surface area contributed by atoms with Crippen molar-refractivity contribution in [2.24, 2.45) is 0 Å². The van der Waals surface area contributed by atoms with Crippen molar-refractivity contribution in [1.29, 1.82) is 0 Å². The van der Waals surface area contributed by atoms with Gasteiger partial charge in [0.1, 0.15) is 5.75 Å². The van der Waals surface area contributed by atoms with Gasteiger partial charge in [-0.1, -0.05) is 25.1 Å². The van der Waals surface area contributed by atoms with E-state index in [0.29, 0.717) is 12.1 Å². The molecule has 3 rings (SSSR count). The van der Waals surface area contributed by atoms with Crippen LogP contribution in [0.4, 0.5) is 5.69 Å². The second-order valence-corrected chi connectivity index (χ2v) is 6.50. The zero-order chi connectivity index (χ0) is 18.5. The molecule has 0 saturated heterocycles. The lowest BCUT2D eigenvalue weighted by Crippen LogP contribution is -2.37. The third-order valence-corrected chi connectivity index (χ3v) is 4.79. The summed E-state index contributed by atoms with van der Waals surface area (Å²) >= 11 is 0. The normalized spacial score (nSPS) is 13.6. The summed E-state index contributed by atoms with van der Waals surface area (Å²) in [5, 5.41) is 5.50. The average molecular weight is 352 g/mol. The van der Waals surface area contributed by atoms with Crippen LogP contribution < -0.4 is 15.4 Å². The third kappa shape index (κ3) is 4.04. The zero-order valence-corrected chi connectivity index (χ0v) is 15.2. The van der Waals surface area contributed by atoms with Gasteiger partial charge in [-0.15, -0.1) is 0 Å². The molecular weight excluding hydrogens is 328 g/mol. The van der Waals surface area contributed by atoms with Crippen LogP contribution in [0.2, 0.25) is 0 Å². The topological polar surface area (TPSA) is 67.4 Å². The lowest BCUT2D eigenvalue weighted by atomic mass is 10.0. The van der Waals surface area contributed by atoms with Crippen LogP contribution in [0.15, 0.2) is 42.5 Å². The Balaban J connectivity index is 1.62. The highest BCUT2D eigenvalue weighted by molar-refractivity contribution is 6.39. The summed E-state index contributed by atoms with van der Waals surface area (Å²) in [7, 11) is 1.61. The first-order valence-corrected chi connectivity index (χ1v) is 8.98. The fourth-order valence-corrected chi connectivity index (χ4v) is 3.32. The lowest BCUT2D eigenvalue weighted by Gasteiger charge is -2.17. The number of hydrogen-bond acceptors (Lipinski definition) is 3.